The third-order valence-electron chi connectivity index (χ3n) is 14.1. The van der Waals surface area contributed by atoms with Gasteiger partial charge >= 0.3 is 0 Å². The van der Waals surface area contributed by atoms with E-state index in [4.69, 9.17) is 21.1 Å². The van der Waals surface area contributed by atoms with Crippen LogP contribution in [0, 0.1) is 40.4 Å². The van der Waals surface area contributed by atoms with Crippen LogP contribution >= 0.6 is 11.6 Å². The molecule has 2 saturated heterocycles. The number of rotatable bonds is 15. The maximum Gasteiger partial charge on any atom is 0.253 e. The smallest absolute Gasteiger partial charge is 0.253 e. The maximum absolute atomic E-state index is 14.2. The van der Waals surface area contributed by atoms with Gasteiger partial charge in [-0.25, -0.2) is 9.97 Å². The van der Waals surface area contributed by atoms with Crippen molar-refractivity contribution in [3.63, 3.8) is 0 Å². The summed E-state index contributed by atoms with van der Waals surface area (Å²) in [6, 6.07) is 16.1. The summed E-state index contributed by atoms with van der Waals surface area (Å²) in [5, 5.41) is 29.4. The molecule has 17 heteroatoms. The van der Waals surface area contributed by atoms with E-state index in [0.717, 1.165) is 48.8 Å². The van der Waals surface area contributed by atoms with Gasteiger partial charge in [0.1, 0.15) is 48.3 Å². The molecule has 3 fully saturated rings. The number of aryl methyl sites for hydroxylation is 1. The number of carbonyl (C=O) groups is 4. The predicted octanol–water partition coefficient (Wildman–Crippen LogP) is 6.32. The Balaban J connectivity index is 0.850. The molecule has 0 spiro atoms. The molecule has 16 nitrogen and oxygen atoms in total. The number of ether oxygens (including phenoxy) is 2. The average Bonchev–Trinajstić information content (AvgIpc) is 3.93. The highest BCUT2D eigenvalue weighted by atomic mass is 35.5. The minimum absolute atomic E-state index is 0.0224. The first-order valence-electron chi connectivity index (χ1n) is 23.7. The summed E-state index contributed by atoms with van der Waals surface area (Å²) >= 11 is 6.25. The van der Waals surface area contributed by atoms with Crippen molar-refractivity contribution >= 4 is 41.0 Å². The lowest BCUT2D eigenvalue weighted by molar-refractivity contribution is -0.164. The van der Waals surface area contributed by atoms with E-state index in [1.165, 1.54) is 4.90 Å². The van der Waals surface area contributed by atoms with Gasteiger partial charge in [-0.1, -0.05) is 72.2 Å². The summed E-state index contributed by atoms with van der Waals surface area (Å²) in [5.41, 5.74) is 1.15. The number of imidazole rings is 1. The van der Waals surface area contributed by atoms with Gasteiger partial charge in [0.05, 0.1) is 34.9 Å². The first-order valence-corrected chi connectivity index (χ1v) is 24.1. The summed E-state index contributed by atoms with van der Waals surface area (Å²) in [4.78, 5) is 67.2. The van der Waals surface area contributed by atoms with Crippen LogP contribution in [0.3, 0.4) is 0 Å². The van der Waals surface area contributed by atoms with Crippen LogP contribution in [-0.2, 0) is 19.1 Å². The molecule has 1 unspecified atom stereocenters. The van der Waals surface area contributed by atoms with E-state index in [0.29, 0.717) is 28.5 Å². The van der Waals surface area contributed by atoms with E-state index in [2.05, 4.69) is 64.6 Å². The Hall–Kier alpha value is -6.02. The second-order valence-corrected chi connectivity index (χ2v) is 21.5. The Morgan fingerprint density at radius 1 is 0.986 bits per heavy atom. The molecule has 3 aliphatic rings. The number of hydrogen-bond donors (Lipinski definition) is 4. The Bertz CT molecular complexity index is 2530. The fourth-order valence-electron chi connectivity index (χ4n) is 10.5. The molecule has 2 aromatic carbocycles. The number of nitrogens with zero attached hydrogens (tertiary/aromatic N) is 6. The summed E-state index contributed by atoms with van der Waals surface area (Å²) < 4.78 is 14.2. The average molecular weight is 965 g/mol. The van der Waals surface area contributed by atoms with E-state index < -0.39 is 46.2 Å². The van der Waals surface area contributed by atoms with Crippen molar-refractivity contribution in [2.75, 3.05) is 37.7 Å². The minimum Gasteiger partial charge on any atom is -0.489 e. The number of nitrogens with one attached hydrogen (secondary N) is 3. The Morgan fingerprint density at radius 2 is 1.68 bits per heavy atom. The monoisotopic (exact) mass is 963 g/mol. The molecule has 1 aliphatic carbocycles. The highest BCUT2D eigenvalue weighted by Gasteiger charge is 2.64. The Morgan fingerprint density at radius 3 is 2.28 bits per heavy atom. The van der Waals surface area contributed by atoms with E-state index in [9.17, 15) is 29.5 Å². The number of nitriles is 1. The second-order valence-electron chi connectivity index (χ2n) is 21.1. The third-order valence-corrected chi connectivity index (χ3v) is 14.4. The number of anilines is 1. The number of halogens is 1. The normalized spacial score (nSPS) is 21.9. The second kappa shape index (κ2) is 20.5. The van der Waals surface area contributed by atoms with Crippen molar-refractivity contribution in [1.82, 2.24) is 35.4 Å². The topological polar surface area (TPSA) is 204 Å². The van der Waals surface area contributed by atoms with Crippen molar-refractivity contribution in [2.24, 2.45) is 22.2 Å². The van der Waals surface area contributed by atoms with Crippen LogP contribution in [-0.4, -0.2) is 111 Å². The van der Waals surface area contributed by atoms with Crippen molar-refractivity contribution < 1.29 is 33.8 Å². The molecule has 4 heterocycles. The summed E-state index contributed by atoms with van der Waals surface area (Å²) in [5.74, 6) is 0.939. The molecule has 4 amide bonds. The van der Waals surface area contributed by atoms with E-state index in [-0.39, 0.29) is 55.5 Å². The van der Waals surface area contributed by atoms with Gasteiger partial charge in [0.25, 0.3) is 5.91 Å². The number of amides is 4. The summed E-state index contributed by atoms with van der Waals surface area (Å²) in [6.07, 6.45) is 5.83. The van der Waals surface area contributed by atoms with Crippen LogP contribution in [0.2, 0.25) is 5.02 Å². The predicted molar refractivity (Wildman–Crippen MR) is 262 cm³/mol. The molecule has 7 rings (SSSR count). The molecular weight excluding hydrogens is 898 g/mol. The van der Waals surface area contributed by atoms with Crippen LogP contribution < -0.4 is 25.6 Å². The minimum atomic E-state index is -0.968. The molecule has 69 heavy (non-hydrogen) atoms. The van der Waals surface area contributed by atoms with Crippen LogP contribution in [0.25, 0.3) is 5.69 Å². The van der Waals surface area contributed by atoms with Crippen molar-refractivity contribution in [3.8, 4) is 17.5 Å². The van der Waals surface area contributed by atoms with Gasteiger partial charge in [-0.15, -0.1) is 0 Å². The van der Waals surface area contributed by atoms with Gasteiger partial charge in [-0.2, -0.15) is 5.26 Å². The molecule has 4 N–H and O–H groups in total. The number of β-amino-alcohol motifs (C(OH)–C–C–N with tert-alkyl or cyclic N) is 1. The number of benzene rings is 2. The van der Waals surface area contributed by atoms with Gasteiger partial charge in [-0.05, 0) is 80.0 Å². The number of aromatic nitrogens is 3. The van der Waals surface area contributed by atoms with Gasteiger partial charge in [0.15, 0.2) is 0 Å². The quantitative estimate of drug-likeness (QED) is 0.104. The molecule has 2 aliphatic heterocycles. The largest absolute Gasteiger partial charge is 0.489 e. The van der Waals surface area contributed by atoms with Crippen molar-refractivity contribution in [3.05, 3.63) is 101 Å². The summed E-state index contributed by atoms with van der Waals surface area (Å²) in [7, 11) is 0. The lowest BCUT2D eigenvalue weighted by Gasteiger charge is -2.63. The number of aliphatic hydroxyl groups excluding tert-OH is 1. The highest BCUT2D eigenvalue weighted by molar-refractivity contribution is 6.31. The number of pyridine rings is 1. The first-order chi connectivity index (χ1) is 32.6. The molecule has 0 bridgehead atoms. The number of aliphatic hydroxyl groups is 1. The molecule has 0 radical (unpaired) electrons. The lowest BCUT2D eigenvalue weighted by Crippen LogP contribution is -2.74. The molecule has 368 valence electrons. The number of likely N-dealkylation sites (tertiary alicyclic amines) is 1. The number of piperidine rings is 1. The zero-order valence-corrected chi connectivity index (χ0v) is 41.8. The molecule has 1 saturated carbocycles. The van der Waals surface area contributed by atoms with Gasteiger partial charge in [0, 0.05) is 73.3 Å². The van der Waals surface area contributed by atoms with Crippen LogP contribution in [0.1, 0.15) is 108 Å². The standard InChI is InChI=1S/C52H66ClN9O7/c1-31(34-10-14-37(15-11-34)61-23-20-55-32(61)2)57-46(66)41-24-38(63)28-62(41)47(67)44(50(3,4)5)58-43(64)30-68-29-33-18-21-60(22-19-33)42-17-13-36(27-56-42)45(65)59-48-51(6,7)49(52(48,8)9)69-39-16-12-35(26-54)40(53)25-39/h10-17,20,23,25,27,31,33,38,41,44,48-49,63H,18-19,21-22,24,28-30H2,1-9H3,(H,57,66)(H,58,64)(H,59,65)/t31-,38+,41-,44?,48?,49?/m0/s1. The summed E-state index contributed by atoms with van der Waals surface area (Å²) in [6.45, 7) is 19.1. The number of hydrogen-bond acceptors (Lipinski definition) is 11. The van der Waals surface area contributed by atoms with Crippen LogP contribution in [0.5, 0.6) is 5.75 Å². The van der Waals surface area contributed by atoms with E-state index >= 15 is 0 Å². The lowest BCUT2D eigenvalue weighted by atomic mass is 9.49. The fraction of sp³-hybridized carbons (Fsp3) is 0.519. The van der Waals surface area contributed by atoms with E-state index in [1.54, 1.807) is 36.7 Å². The zero-order valence-electron chi connectivity index (χ0n) is 41.1. The fourth-order valence-corrected chi connectivity index (χ4v) is 10.7. The van der Waals surface area contributed by atoms with Crippen molar-refractivity contribution in [1.29, 1.82) is 5.26 Å². The van der Waals surface area contributed by atoms with Crippen molar-refractivity contribution in [2.45, 2.75) is 118 Å². The zero-order chi connectivity index (χ0) is 50.0. The van der Waals surface area contributed by atoms with Gasteiger partial charge < -0.3 is 44.9 Å². The van der Waals surface area contributed by atoms with E-state index in [1.807, 2.05) is 75.7 Å². The first kappa shape index (κ1) is 50.8. The Labute approximate surface area is 410 Å². The SMILES string of the molecule is Cc1nccn1-c1ccc([C@H](C)NC(=O)[C@@H]2C[C@@H](O)CN2C(=O)C(NC(=O)COCC2CCN(c3ccc(C(=O)NC4C(C)(C)C(Oc5ccc(C#N)c(Cl)c5)C4(C)C)cn3)CC2)C(C)(C)C)cc1. The Kier molecular flexibility index (Phi) is 15.1. The van der Waals surface area contributed by atoms with Gasteiger partial charge in [0.2, 0.25) is 17.7 Å². The molecule has 2 aromatic heterocycles. The van der Waals surface area contributed by atoms with Crippen LogP contribution in [0.4, 0.5) is 5.82 Å². The maximum atomic E-state index is 14.2. The molecule has 4 atom stereocenters. The van der Waals surface area contributed by atoms with Gasteiger partial charge in [-0.3, -0.25) is 19.2 Å². The number of carbonyl (C=O) groups excluding carboxylic acids is 4. The third kappa shape index (κ3) is 11.2. The molecular formula is C52H66ClN9O7. The van der Waals surface area contributed by atoms with Crippen LogP contribution in [0.15, 0.2) is 73.2 Å². The molecule has 4 aromatic rings. The highest BCUT2D eigenvalue weighted by Crippen LogP contribution is 2.55.